The summed E-state index contributed by atoms with van der Waals surface area (Å²) in [7, 11) is 1.42. The minimum atomic E-state index is -0.939. The molecule has 0 aliphatic heterocycles. The molecule has 1 fully saturated rings. The Morgan fingerprint density at radius 3 is 2.88 bits per heavy atom. The number of ether oxygens (including phenoxy) is 1. The fourth-order valence-electron chi connectivity index (χ4n) is 2.18. The van der Waals surface area contributed by atoms with Crippen LogP contribution in [-0.4, -0.2) is 39.1 Å². The first-order chi connectivity index (χ1) is 7.65. The number of hydrogen-bond donors (Lipinski definition) is 1. The molecule has 0 aromatic carbocycles. The van der Waals surface area contributed by atoms with Crippen LogP contribution in [-0.2, 0) is 21.5 Å². The fourth-order valence-corrected chi connectivity index (χ4v) is 2.18. The molecule has 1 atom stereocenters. The molecule has 1 saturated carbocycles. The van der Waals surface area contributed by atoms with Gasteiger partial charge in [-0.2, -0.15) is 5.10 Å². The topological polar surface area (TPSA) is 77.2 Å². The van der Waals surface area contributed by atoms with Gasteiger partial charge in [0.2, 0.25) is 0 Å². The lowest BCUT2D eigenvalue weighted by Crippen LogP contribution is -2.37. The normalized spacial score (nSPS) is 19.4. The fraction of sp³-hybridized carbons (Fsp3) is 0.700. The first kappa shape index (κ1) is 11.1. The van der Waals surface area contributed by atoms with Crippen molar-refractivity contribution in [2.75, 3.05) is 7.11 Å². The van der Waals surface area contributed by atoms with Crippen molar-refractivity contribution in [3.8, 4) is 0 Å². The van der Waals surface area contributed by atoms with Crippen LogP contribution in [0.3, 0.4) is 0 Å². The van der Waals surface area contributed by atoms with Gasteiger partial charge in [-0.05, 0) is 19.8 Å². The number of nitrogens with zero attached hydrogens (tertiary/aromatic N) is 3. The van der Waals surface area contributed by atoms with Gasteiger partial charge in [0, 0.05) is 13.7 Å². The summed E-state index contributed by atoms with van der Waals surface area (Å²) in [4.78, 5) is 15.3. The van der Waals surface area contributed by atoms with Crippen LogP contribution in [0.4, 0.5) is 0 Å². The standard InChI is InChI=1S/C10H15N3O3/c1-3-13-9(11-6-12-13)10(4-5-10)7(16-2)8(14)15/h6-7H,3-5H2,1-2H3,(H,14,15). The van der Waals surface area contributed by atoms with Gasteiger partial charge in [0.1, 0.15) is 12.2 Å². The first-order valence-electron chi connectivity index (χ1n) is 5.29. The molecule has 0 bridgehead atoms. The third kappa shape index (κ3) is 1.49. The van der Waals surface area contributed by atoms with E-state index in [1.165, 1.54) is 13.4 Å². The molecule has 1 aliphatic carbocycles. The van der Waals surface area contributed by atoms with E-state index < -0.39 is 17.5 Å². The number of aryl methyl sites for hydroxylation is 1. The molecule has 6 heteroatoms. The summed E-state index contributed by atoms with van der Waals surface area (Å²) in [5.74, 6) is -0.213. The van der Waals surface area contributed by atoms with Gasteiger partial charge >= 0.3 is 5.97 Å². The predicted octanol–water partition coefficient (Wildman–Crippen LogP) is 0.429. The Morgan fingerprint density at radius 2 is 2.44 bits per heavy atom. The van der Waals surface area contributed by atoms with Crippen LogP contribution in [0.2, 0.25) is 0 Å². The molecule has 2 rings (SSSR count). The highest BCUT2D eigenvalue weighted by molar-refractivity contribution is 5.75. The molecular formula is C10H15N3O3. The van der Waals surface area contributed by atoms with Crippen LogP contribution in [0.25, 0.3) is 0 Å². The quantitative estimate of drug-likeness (QED) is 0.786. The number of carboxylic acid groups (broad SMARTS) is 1. The summed E-state index contributed by atoms with van der Waals surface area (Å²) in [5, 5.41) is 13.2. The van der Waals surface area contributed by atoms with Crippen LogP contribution in [0.5, 0.6) is 0 Å². The summed E-state index contributed by atoms with van der Waals surface area (Å²) in [6.07, 6.45) is 2.21. The van der Waals surface area contributed by atoms with E-state index in [1.54, 1.807) is 4.68 Å². The zero-order valence-electron chi connectivity index (χ0n) is 9.38. The molecule has 1 heterocycles. The van der Waals surface area contributed by atoms with Crippen molar-refractivity contribution in [3.63, 3.8) is 0 Å². The molecule has 16 heavy (non-hydrogen) atoms. The van der Waals surface area contributed by atoms with Gasteiger partial charge in [-0.1, -0.05) is 0 Å². The smallest absolute Gasteiger partial charge is 0.333 e. The maximum atomic E-state index is 11.1. The largest absolute Gasteiger partial charge is 0.479 e. The summed E-state index contributed by atoms with van der Waals surface area (Å²) < 4.78 is 6.82. The Balaban J connectivity index is 2.35. The summed E-state index contributed by atoms with van der Waals surface area (Å²) in [5.41, 5.74) is -0.479. The van der Waals surface area contributed by atoms with Crippen LogP contribution in [0.1, 0.15) is 25.6 Å². The highest BCUT2D eigenvalue weighted by atomic mass is 16.5. The van der Waals surface area contributed by atoms with Crippen molar-refractivity contribution in [3.05, 3.63) is 12.2 Å². The van der Waals surface area contributed by atoms with E-state index in [-0.39, 0.29) is 0 Å². The first-order valence-corrected chi connectivity index (χ1v) is 5.29. The van der Waals surface area contributed by atoms with Crippen molar-refractivity contribution in [2.24, 2.45) is 0 Å². The number of hydrogen-bond acceptors (Lipinski definition) is 4. The summed E-state index contributed by atoms with van der Waals surface area (Å²) >= 11 is 0. The van der Waals surface area contributed by atoms with Gasteiger partial charge in [0.15, 0.2) is 6.10 Å². The van der Waals surface area contributed by atoms with E-state index in [1.807, 2.05) is 6.92 Å². The number of aliphatic carboxylic acids is 1. The molecule has 1 N–H and O–H groups in total. The maximum absolute atomic E-state index is 11.1. The molecule has 0 saturated heterocycles. The minimum absolute atomic E-state index is 0.479. The monoisotopic (exact) mass is 225 g/mol. The van der Waals surface area contributed by atoms with Crippen molar-refractivity contribution >= 4 is 5.97 Å². The second-order valence-electron chi connectivity index (χ2n) is 4.01. The van der Waals surface area contributed by atoms with Gasteiger partial charge in [-0.25, -0.2) is 14.5 Å². The number of carboxylic acids is 1. The molecular weight excluding hydrogens is 210 g/mol. The highest BCUT2D eigenvalue weighted by Crippen LogP contribution is 2.51. The molecule has 0 spiro atoms. The van der Waals surface area contributed by atoms with Gasteiger partial charge in [0.05, 0.1) is 5.41 Å². The maximum Gasteiger partial charge on any atom is 0.333 e. The molecule has 1 aliphatic rings. The lowest BCUT2D eigenvalue weighted by Gasteiger charge is -2.21. The van der Waals surface area contributed by atoms with Gasteiger partial charge in [-0.15, -0.1) is 0 Å². The number of methoxy groups -OCH3 is 1. The Morgan fingerprint density at radius 1 is 1.75 bits per heavy atom. The third-order valence-corrected chi connectivity index (χ3v) is 3.11. The zero-order valence-corrected chi connectivity index (χ0v) is 9.38. The van der Waals surface area contributed by atoms with Gasteiger partial charge in [-0.3, -0.25) is 0 Å². The zero-order chi connectivity index (χ0) is 11.8. The molecule has 1 unspecified atom stereocenters. The van der Waals surface area contributed by atoms with Crippen LogP contribution < -0.4 is 0 Å². The Labute approximate surface area is 93.2 Å². The molecule has 1 aromatic heterocycles. The van der Waals surface area contributed by atoms with E-state index in [0.29, 0.717) is 6.54 Å². The molecule has 0 radical (unpaired) electrons. The summed E-state index contributed by atoms with van der Waals surface area (Å²) in [6.45, 7) is 2.64. The Hall–Kier alpha value is -1.43. The Bertz CT molecular complexity index is 398. The molecule has 1 aromatic rings. The van der Waals surface area contributed by atoms with E-state index in [2.05, 4.69) is 10.1 Å². The number of carbonyl (C=O) groups is 1. The van der Waals surface area contributed by atoms with E-state index >= 15 is 0 Å². The number of rotatable bonds is 5. The second-order valence-corrected chi connectivity index (χ2v) is 4.01. The molecule has 0 amide bonds. The van der Waals surface area contributed by atoms with E-state index in [0.717, 1.165) is 18.7 Å². The van der Waals surface area contributed by atoms with Crippen LogP contribution in [0, 0.1) is 0 Å². The van der Waals surface area contributed by atoms with Crippen molar-refractivity contribution in [1.29, 1.82) is 0 Å². The predicted molar refractivity (Wildman–Crippen MR) is 55.0 cm³/mol. The molecule has 6 nitrogen and oxygen atoms in total. The second kappa shape index (κ2) is 3.86. The third-order valence-electron chi connectivity index (χ3n) is 3.11. The average molecular weight is 225 g/mol. The van der Waals surface area contributed by atoms with E-state index in [4.69, 9.17) is 9.84 Å². The van der Waals surface area contributed by atoms with Gasteiger partial charge in [0.25, 0.3) is 0 Å². The van der Waals surface area contributed by atoms with Crippen molar-refractivity contribution in [1.82, 2.24) is 14.8 Å². The molecule has 88 valence electrons. The minimum Gasteiger partial charge on any atom is -0.479 e. The summed E-state index contributed by atoms with van der Waals surface area (Å²) in [6, 6.07) is 0. The van der Waals surface area contributed by atoms with Crippen molar-refractivity contribution in [2.45, 2.75) is 37.8 Å². The van der Waals surface area contributed by atoms with E-state index in [9.17, 15) is 4.79 Å². The van der Waals surface area contributed by atoms with Gasteiger partial charge < -0.3 is 9.84 Å². The number of aromatic nitrogens is 3. The lowest BCUT2D eigenvalue weighted by molar-refractivity contribution is -0.151. The SMILES string of the molecule is CCn1ncnc1C1(C(OC)C(=O)O)CC1. The highest BCUT2D eigenvalue weighted by Gasteiger charge is 2.57. The van der Waals surface area contributed by atoms with Crippen molar-refractivity contribution < 1.29 is 14.6 Å². The van der Waals surface area contributed by atoms with Crippen LogP contribution >= 0.6 is 0 Å². The average Bonchev–Trinajstić information content (AvgIpc) is 2.90. The lowest BCUT2D eigenvalue weighted by atomic mass is 9.98. The van der Waals surface area contributed by atoms with Crippen LogP contribution in [0.15, 0.2) is 6.33 Å². The Kier molecular flexibility index (Phi) is 2.67.